The van der Waals surface area contributed by atoms with Gasteiger partial charge in [-0.25, -0.2) is 9.59 Å². The van der Waals surface area contributed by atoms with E-state index in [1.54, 1.807) is 24.3 Å². The van der Waals surface area contributed by atoms with E-state index in [2.05, 4.69) is 31.9 Å². The van der Waals surface area contributed by atoms with Gasteiger partial charge < -0.3 is 4.42 Å². The lowest BCUT2D eigenvalue weighted by Crippen LogP contribution is -2.04. The number of benzene rings is 2. The van der Waals surface area contributed by atoms with Crippen LogP contribution in [0.1, 0.15) is 0 Å². The molecule has 0 N–H and O–H groups in total. The molecule has 0 saturated heterocycles. The van der Waals surface area contributed by atoms with E-state index < -0.39 is 11.3 Å². The highest BCUT2D eigenvalue weighted by Gasteiger charge is 2.12. The fraction of sp³-hybridized carbons (Fsp3) is 0. The van der Waals surface area contributed by atoms with Crippen LogP contribution in [0.4, 0.5) is 0 Å². The molecule has 5 heteroatoms. The number of rotatable bonds is 0. The average Bonchev–Trinajstić information content (AvgIpc) is 2.48. The van der Waals surface area contributed by atoms with Crippen molar-refractivity contribution in [3.8, 4) is 0 Å². The molecule has 1 heterocycles. The number of hydrogen-bond acceptors (Lipinski definition) is 3. The van der Waals surface area contributed by atoms with E-state index in [-0.39, 0.29) is 0 Å². The van der Waals surface area contributed by atoms with Gasteiger partial charge in [0.15, 0.2) is 0 Å². The molecule has 0 saturated carbocycles. The second-order valence-corrected chi connectivity index (χ2v) is 5.71. The largest absolute Gasteiger partial charge is 0.386 e. The fourth-order valence-electron chi connectivity index (χ4n) is 2.09. The summed E-state index contributed by atoms with van der Waals surface area (Å²) in [7, 11) is 0. The lowest BCUT2D eigenvalue weighted by atomic mass is 10.1. The number of fused-ring (bicyclic) bond motifs is 3. The molecule has 3 nitrogen and oxygen atoms in total. The summed E-state index contributed by atoms with van der Waals surface area (Å²) in [5, 5.41) is 2.07. The van der Waals surface area contributed by atoms with Gasteiger partial charge in [0.1, 0.15) is 0 Å². The van der Waals surface area contributed by atoms with E-state index in [0.29, 0.717) is 21.5 Å². The van der Waals surface area contributed by atoms with E-state index in [4.69, 9.17) is 4.42 Å². The van der Waals surface area contributed by atoms with Crippen LogP contribution in [0.5, 0.6) is 0 Å². The molecule has 0 fully saturated rings. The highest BCUT2D eigenvalue weighted by atomic mass is 79.9. The summed E-state index contributed by atoms with van der Waals surface area (Å²) < 4.78 is 6.34. The minimum absolute atomic E-state index is 0.369. The molecule has 0 aliphatic rings. The van der Waals surface area contributed by atoms with E-state index in [1.165, 1.54) is 0 Å². The van der Waals surface area contributed by atoms with Gasteiger partial charge in [-0.1, -0.05) is 44.0 Å². The van der Waals surface area contributed by atoms with Crippen LogP contribution in [0.2, 0.25) is 0 Å². The average molecular weight is 382 g/mol. The van der Waals surface area contributed by atoms with E-state index >= 15 is 0 Å². The van der Waals surface area contributed by atoms with Crippen molar-refractivity contribution >= 4 is 53.4 Å². The minimum atomic E-state index is -0.635. The monoisotopic (exact) mass is 380 g/mol. The predicted octanol–water partition coefficient (Wildman–Crippen LogP) is 3.83. The van der Waals surface area contributed by atoms with Gasteiger partial charge in [0.25, 0.3) is 0 Å². The first kappa shape index (κ1) is 12.6. The van der Waals surface area contributed by atoms with Gasteiger partial charge in [-0.15, -0.1) is 0 Å². The zero-order valence-electron chi connectivity index (χ0n) is 9.44. The highest BCUT2D eigenvalue weighted by molar-refractivity contribution is 9.11. The molecule has 2 aromatic carbocycles. The Balaban J connectivity index is 2.89. The number of hydrogen-bond donors (Lipinski definition) is 0. The summed E-state index contributed by atoms with van der Waals surface area (Å²) >= 11 is 6.86. The Morgan fingerprint density at radius 2 is 1.16 bits per heavy atom. The minimum Gasteiger partial charge on any atom is -0.386 e. The maximum atomic E-state index is 12.0. The standard InChI is InChI=1S/C14H6Br2O3/c15-9-5-1-3-7-11(9)12-8(4-2-6-10(12)16)14(18)19-13(7)17/h1-6H. The van der Waals surface area contributed by atoms with Gasteiger partial charge in [-0.2, -0.15) is 0 Å². The Morgan fingerprint density at radius 1 is 0.737 bits per heavy atom. The Bertz CT molecular complexity index is 854. The lowest BCUT2D eigenvalue weighted by Gasteiger charge is -2.01. The molecule has 0 amide bonds. The molecule has 0 unspecified atom stereocenters. The van der Waals surface area contributed by atoms with E-state index in [0.717, 1.165) is 8.95 Å². The molecule has 1 aromatic heterocycles. The topological polar surface area (TPSA) is 47.3 Å². The van der Waals surface area contributed by atoms with Crippen molar-refractivity contribution < 1.29 is 4.42 Å². The second kappa shape index (κ2) is 4.58. The molecule has 94 valence electrons. The zero-order chi connectivity index (χ0) is 13.6. The molecular formula is C14H6Br2O3. The summed E-state index contributed by atoms with van der Waals surface area (Å²) in [6.45, 7) is 0. The first-order valence-electron chi connectivity index (χ1n) is 5.43. The van der Waals surface area contributed by atoms with Crippen LogP contribution in [-0.2, 0) is 0 Å². The van der Waals surface area contributed by atoms with Gasteiger partial charge in [0, 0.05) is 19.7 Å². The molecule has 0 atom stereocenters. The lowest BCUT2D eigenvalue weighted by molar-refractivity contribution is 0.491. The summed E-state index contributed by atoms with van der Waals surface area (Å²) in [6.07, 6.45) is 0. The molecule has 0 radical (unpaired) electrons. The quantitative estimate of drug-likeness (QED) is 0.594. The normalized spacial score (nSPS) is 11.1. The first-order valence-corrected chi connectivity index (χ1v) is 7.02. The molecule has 0 aliphatic carbocycles. The Morgan fingerprint density at radius 3 is 1.58 bits per heavy atom. The van der Waals surface area contributed by atoms with Crippen molar-refractivity contribution in [2.45, 2.75) is 0 Å². The molecule has 0 spiro atoms. The maximum absolute atomic E-state index is 12.0. The van der Waals surface area contributed by atoms with Gasteiger partial charge in [-0.3, -0.25) is 0 Å². The molecule has 19 heavy (non-hydrogen) atoms. The second-order valence-electron chi connectivity index (χ2n) is 4.00. The third-order valence-corrected chi connectivity index (χ3v) is 4.22. The molecule has 0 bridgehead atoms. The summed E-state index contributed by atoms with van der Waals surface area (Å²) in [5.74, 6) is 0. The van der Waals surface area contributed by atoms with Crippen LogP contribution < -0.4 is 11.3 Å². The summed E-state index contributed by atoms with van der Waals surface area (Å²) in [6, 6.07) is 10.4. The summed E-state index contributed by atoms with van der Waals surface area (Å²) in [4.78, 5) is 23.9. The number of halogens is 2. The van der Waals surface area contributed by atoms with Crippen molar-refractivity contribution in [3.05, 3.63) is 66.2 Å². The van der Waals surface area contributed by atoms with Crippen LogP contribution >= 0.6 is 31.9 Å². The maximum Gasteiger partial charge on any atom is 0.346 e. The Hall–Kier alpha value is -1.46. The third kappa shape index (κ3) is 1.93. The first-order chi connectivity index (χ1) is 9.09. The van der Waals surface area contributed by atoms with Gasteiger partial charge in [0.05, 0.1) is 10.8 Å². The van der Waals surface area contributed by atoms with Crippen molar-refractivity contribution in [2.24, 2.45) is 0 Å². The molecule has 3 rings (SSSR count). The van der Waals surface area contributed by atoms with Gasteiger partial charge in [0.2, 0.25) is 0 Å². The van der Waals surface area contributed by atoms with Crippen LogP contribution in [0.15, 0.2) is 59.3 Å². The van der Waals surface area contributed by atoms with Crippen LogP contribution in [0.25, 0.3) is 21.5 Å². The fourth-order valence-corrected chi connectivity index (χ4v) is 3.22. The van der Waals surface area contributed by atoms with E-state index in [1.807, 2.05) is 12.1 Å². The van der Waals surface area contributed by atoms with Crippen molar-refractivity contribution in [1.29, 1.82) is 0 Å². The third-order valence-electron chi connectivity index (χ3n) is 2.90. The highest BCUT2D eigenvalue weighted by Crippen LogP contribution is 2.32. The SMILES string of the molecule is O=c1oc(=O)c2cccc(Br)c2c2c(Br)cccc12. The predicted molar refractivity (Wildman–Crippen MR) is 81.7 cm³/mol. The van der Waals surface area contributed by atoms with Crippen molar-refractivity contribution in [2.75, 3.05) is 0 Å². The van der Waals surface area contributed by atoms with Crippen LogP contribution in [0, 0.1) is 0 Å². The Labute approximate surface area is 124 Å². The van der Waals surface area contributed by atoms with Gasteiger partial charge in [-0.05, 0) is 24.3 Å². The van der Waals surface area contributed by atoms with Crippen LogP contribution in [-0.4, -0.2) is 0 Å². The Kier molecular flexibility index (Phi) is 3.03. The molecule has 3 aromatic rings. The molecule has 0 aliphatic heterocycles. The van der Waals surface area contributed by atoms with Crippen molar-refractivity contribution in [1.82, 2.24) is 0 Å². The van der Waals surface area contributed by atoms with Gasteiger partial charge >= 0.3 is 11.3 Å². The summed E-state index contributed by atoms with van der Waals surface area (Å²) in [5.41, 5.74) is -1.27. The molecular weight excluding hydrogens is 376 g/mol. The smallest absolute Gasteiger partial charge is 0.346 e. The van der Waals surface area contributed by atoms with E-state index in [9.17, 15) is 9.59 Å². The van der Waals surface area contributed by atoms with Crippen LogP contribution in [0.3, 0.4) is 0 Å². The zero-order valence-corrected chi connectivity index (χ0v) is 12.6. The van der Waals surface area contributed by atoms with Crippen molar-refractivity contribution in [3.63, 3.8) is 0 Å².